The fourth-order valence-corrected chi connectivity index (χ4v) is 2.71. The van der Waals surface area contributed by atoms with Crippen LogP contribution in [-0.4, -0.2) is 20.0 Å². The van der Waals surface area contributed by atoms with Crippen molar-refractivity contribution in [2.75, 3.05) is 25.3 Å². The Hall–Kier alpha value is -1.96. The lowest BCUT2D eigenvalue weighted by atomic mass is 10.1. The normalized spacial score (nSPS) is 10.1. The van der Waals surface area contributed by atoms with Gasteiger partial charge in [-0.05, 0) is 36.4 Å². The zero-order chi connectivity index (χ0) is 15.1. The zero-order valence-corrected chi connectivity index (χ0v) is 13.0. The fraction of sp³-hybridized carbons (Fsp3) is 0.235. The van der Waals surface area contributed by atoms with E-state index < -0.39 is 0 Å². The molecule has 0 aliphatic rings. The minimum absolute atomic E-state index is 0.675. The highest BCUT2D eigenvalue weighted by atomic mass is 32.2. The van der Waals surface area contributed by atoms with Crippen LogP contribution >= 0.6 is 11.8 Å². The summed E-state index contributed by atoms with van der Waals surface area (Å²) in [6.45, 7) is 0.675. The van der Waals surface area contributed by atoms with E-state index in [-0.39, 0.29) is 0 Å². The molecule has 0 saturated heterocycles. The second kappa shape index (κ2) is 7.72. The predicted octanol–water partition coefficient (Wildman–Crippen LogP) is 4.21. The Labute approximate surface area is 129 Å². The van der Waals surface area contributed by atoms with Crippen molar-refractivity contribution in [2.24, 2.45) is 0 Å². The average Bonchev–Trinajstić information content (AvgIpc) is 2.53. The molecule has 0 aliphatic heterocycles. The Balaban J connectivity index is 2.33. The molecule has 0 radical (unpaired) electrons. The number of hydrogen-bond donors (Lipinski definition) is 1. The van der Waals surface area contributed by atoms with Crippen LogP contribution in [0.2, 0.25) is 0 Å². The third-order valence-electron chi connectivity index (χ3n) is 3.22. The van der Waals surface area contributed by atoms with Crippen LogP contribution in [0.1, 0.15) is 11.1 Å². The molecule has 21 heavy (non-hydrogen) atoms. The number of anilines is 2. The van der Waals surface area contributed by atoms with Crippen molar-refractivity contribution in [1.82, 2.24) is 0 Å². The largest absolute Gasteiger partial charge is 0.384 e. The molecule has 2 rings (SSSR count). The van der Waals surface area contributed by atoms with Crippen molar-refractivity contribution in [1.29, 1.82) is 5.26 Å². The highest BCUT2D eigenvalue weighted by molar-refractivity contribution is 7.98. The molecule has 2 aromatic rings. The third-order valence-corrected chi connectivity index (χ3v) is 4.00. The maximum atomic E-state index is 9.40. The molecule has 2 aromatic carbocycles. The van der Waals surface area contributed by atoms with E-state index in [0.29, 0.717) is 12.2 Å². The summed E-state index contributed by atoms with van der Waals surface area (Å²) in [4.78, 5) is 0.983. The molecule has 0 spiro atoms. The monoisotopic (exact) mass is 298 g/mol. The summed E-state index contributed by atoms with van der Waals surface area (Å²) in [6, 6.07) is 16.3. The number of nitriles is 1. The molecule has 0 atom stereocenters. The molecular weight excluding hydrogens is 280 g/mol. The van der Waals surface area contributed by atoms with Gasteiger partial charge in [-0.3, -0.25) is 0 Å². The Kier molecular flexibility index (Phi) is 5.68. The van der Waals surface area contributed by atoms with E-state index >= 15 is 0 Å². The van der Waals surface area contributed by atoms with Gasteiger partial charge in [0, 0.05) is 17.7 Å². The summed E-state index contributed by atoms with van der Waals surface area (Å²) in [5.41, 5.74) is 3.72. The Morgan fingerprint density at radius 2 is 1.90 bits per heavy atom. The second-order valence-electron chi connectivity index (χ2n) is 4.52. The first-order chi connectivity index (χ1) is 10.3. The van der Waals surface area contributed by atoms with Crippen molar-refractivity contribution in [2.45, 2.75) is 11.3 Å². The number of methoxy groups -OCH3 is 1. The van der Waals surface area contributed by atoms with E-state index in [1.165, 1.54) is 5.56 Å². The minimum atomic E-state index is 0.675. The molecular formula is C17H18N2OS. The van der Waals surface area contributed by atoms with Gasteiger partial charge in [0.15, 0.2) is 0 Å². The topological polar surface area (TPSA) is 45.0 Å². The maximum absolute atomic E-state index is 9.40. The first-order valence-electron chi connectivity index (χ1n) is 6.71. The fourth-order valence-electron chi connectivity index (χ4n) is 2.14. The van der Waals surface area contributed by atoms with E-state index in [0.717, 1.165) is 22.7 Å². The van der Waals surface area contributed by atoms with Gasteiger partial charge >= 0.3 is 0 Å². The van der Waals surface area contributed by atoms with Gasteiger partial charge in [0.05, 0.1) is 17.9 Å². The van der Waals surface area contributed by atoms with Crippen molar-refractivity contribution in [3.8, 4) is 6.07 Å². The van der Waals surface area contributed by atoms with Gasteiger partial charge < -0.3 is 10.1 Å². The summed E-state index contributed by atoms with van der Waals surface area (Å²) >= 11 is 1.58. The zero-order valence-electron chi connectivity index (χ0n) is 12.2. The number of benzene rings is 2. The van der Waals surface area contributed by atoms with Crippen LogP contribution in [0.3, 0.4) is 0 Å². The number of rotatable bonds is 6. The number of hydrogen-bond acceptors (Lipinski definition) is 4. The number of ether oxygens (including phenoxy) is 1. The number of nitrogens with zero attached hydrogens (tertiary/aromatic N) is 1. The Bertz CT molecular complexity index is 649. The van der Waals surface area contributed by atoms with Crippen molar-refractivity contribution in [3.63, 3.8) is 0 Å². The lowest BCUT2D eigenvalue weighted by Gasteiger charge is -2.14. The average molecular weight is 298 g/mol. The molecule has 0 bridgehead atoms. The summed E-state index contributed by atoms with van der Waals surface area (Å²) in [5, 5.41) is 12.8. The molecule has 0 saturated carbocycles. The van der Waals surface area contributed by atoms with E-state index in [9.17, 15) is 5.26 Å². The van der Waals surface area contributed by atoms with Crippen LogP contribution in [0, 0.1) is 11.3 Å². The van der Waals surface area contributed by atoms with E-state index in [1.54, 1.807) is 18.9 Å². The molecule has 108 valence electrons. The highest BCUT2D eigenvalue weighted by Gasteiger charge is 2.09. The molecule has 4 heteroatoms. The lowest BCUT2D eigenvalue weighted by molar-refractivity contribution is 0.202. The van der Waals surface area contributed by atoms with Gasteiger partial charge in [-0.25, -0.2) is 0 Å². The van der Waals surface area contributed by atoms with Crippen LogP contribution < -0.4 is 5.32 Å². The maximum Gasteiger partial charge on any atom is 0.103 e. The third kappa shape index (κ3) is 3.78. The van der Waals surface area contributed by atoms with Crippen LogP contribution in [0.25, 0.3) is 0 Å². The minimum Gasteiger partial charge on any atom is -0.384 e. The smallest absolute Gasteiger partial charge is 0.103 e. The highest BCUT2D eigenvalue weighted by Crippen LogP contribution is 2.29. The van der Waals surface area contributed by atoms with Crippen LogP contribution in [0.15, 0.2) is 47.4 Å². The second-order valence-corrected chi connectivity index (χ2v) is 5.37. The van der Waals surface area contributed by atoms with Gasteiger partial charge in [-0.1, -0.05) is 24.3 Å². The molecule has 0 aliphatic carbocycles. The number of thioether (sulfide) groups is 1. The SMILES string of the molecule is COCCc1ccccc1Nc1cccc(SC)c1C#N. The van der Waals surface area contributed by atoms with Gasteiger partial charge in [-0.2, -0.15) is 5.26 Å². The molecule has 0 amide bonds. The summed E-state index contributed by atoms with van der Waals surface area (Å²) < 4.78 is 5.15. The Morgan fingerprint density at radius 3 is 2.62 bits per heavy atom. The van der Waals surface area contributed by atoms with Crippen molar-refractivity contribution < 1.29 is 4.74 Å². The van der Waals surface area contributed by atoms with Gasteiger partial charge in [0.1, 0.15) is 6.07 Å². The molecule has 0 heterocycles. The van der Waals surface area contributed by atoms with E-state index in [4.69, 9.17) is 4.74 Å². The predicted molar refractivity (Wildman–Crippen MR) is 88.2 cm³/mol. The van der Waals surface area contributed by atoms with Gasteiger partial charge in [0.2, 0.25) is 0 Å². The first kappa shape index (κ1) is 15.4. The van der Waals surface area contributed by atoms with Gasteiger partial charge in [-0.15, -0.1) is 11.8 Å². The molecule has 1 N–H and O–H groups in total. The quantitative estimate of drug-likeness (QED) is 0.811. The summed E-state index contributed by atoms with van der Waals surface area (Å²) in [5.74, 6) is 0. The van der Waals surface area contributed by atoms with Crippen LogP contribution in [0.4, 0.5) is 11.4 Å². The summed E-state index contributed by atoms with van der Waals surface area (Å²) in [7, 11) is 1.70. The standard InChI is InChI=1S/C17H18N2OS/c1-20-11-10-13-6-3-4-7-15(13)19-16-8-5-9-17(21-2)14(16)12-18/h3-9,19H,10-11H2,1-2H3. The molecule has 0 aromatic heterocycles. The Morgan fingerprint density at radius 1 is 1.14 bits per heavy atom. The molecule has 0 unspecified atom stereocenters. The molecule has 3 nitrogen and oxygen atoms in total. The van der Waals surface area contributed by atoms with E-state index in [2.05, 4.69) is 17.5 Å². The summed E-state index contributed by atoms with van der Waals surface area (Å²) in [6.07, 6.45) is 2.82. The van der Waals surface area contributed by atoms with Gasteiger partial charge in [0.25, 0.3) is 0 Å². The number of nitrogens with one attached hydrogen (secondary N) is 1. The van der Waals surface area contributed by atoms with E-state index in [1.807, 2.05) is 42.7 Å². The lowest BCUT2D eigenvalue weighted by Crippen LogP contribution is -2.01. The van der Waals surface area contributed by atoms with Crippen LogP contribution in [0.5, 0.6) is 0 Å². The van der Waals surface area contributed by atoms with Crippen molar-refractivity contribution >= 4 is 23.1 Å². The van der Waals surface area contributed by atoms with Crippen molar-refractivity contribution in [3.05, 3.63) is 53.6 Å². The first-order valence-corrected chi connectivity index (χ1v) is 7.93. The molecule has 0 fully saturated rings. The number of para-hydroxylation sites is 1. The van der Waals surface area contributed by atoms with Crippen LogP contribution in [-0.2, 0) is 11.2 Å².